The van der Waals surface area contributed by atoms with Crippen LogP contribution >= 0.6 is 0 Å². The van der Waals surface area contributed by atoms with E-state index < -0.39 is 0 Å². The Balaban J connectivity index is 1.93. The first kappa shape index (κ1) is 10.6. The van der Waals surface area contributed by atoms with Crippen molar-refractivity contribution in [3.8, 4) is 0 Å². The van der Waals surface area contributed by atoms with Crippen molar-refractivity contribution >= 4 is 0 Å². The molecule has 1 atom stereocenters. The molecule has 1 N–H and O–H groups in total. The van der Waals surface area contributed by atoms with Crippen LogP contribution in [0.1, 0.15) is 25.5 Å². The highest BCUT2D eigenvalue weighted by molar-refractivity contribution is 4.93. The van der Waals surface area contributed by atoms with Crippen molar-refractivity contribution in [1.29, 1.82) is 0 Å². The number of oxazole rings is 1. The molecule has 1 saturated heterocycles. The Hall–Kier alpha value is -0.870. The Bertz CT molecular complexity index is 267. The van der Waals surface area contributed by atoms with E-state index in [-0.39, 0.29) is 0 Å². The third-order valence-electron chi connectivity index (χ3n) is 2.91. The van der Waals surface area contributed by atoms with Crippen LogP contribution in [0.4, 0.5) is 0 Å². The second-order valence-corrected chi connectivity index (χ2v) is 4.10. The number of aromatic nitrogens is 1. The van der Waals surface area contributed by atoms with Gasteiger partial charge in [0, 0.05) is 19.1 Å². The maximum absolute atomic E-state index is 5.00. The van der Waals surface area contributed by atoms with Crippen molar-refractivity contribution in [2.24, 2.45) is 0 Å². The predicted molar refractivity (Wildman–Crippen MR) is 58.5 cm³/mol. The smallest absolute Gasteiger partial charge is 0.180 e. The minimum absolute atomic E-state index is 0.668. The first-order valence-corrected chi connectivity index (χ1v) is 5.72. The van der Waals surface area contributed by atoms with E-state index >= 15 is 0 Å². The summed E-state index contributed by atoms with van der Waals surface area (Å²) in [7, 11) is 0. The van der Waals surface area contributed by atoms with Crippen molar-refractivity contribution in [2.75, 3.05) is 19.6 Å². The van der Waals surface area contributed by atoms with Crippen LogP contribution in [0, 0.1) is 0 Å². The van der Waals surface area contributed by atoms with Crippen LogP contribution in [0.25, 0.3) is 0 Å². The Morgan fingerprint density at radius 1 is 1.67 bits per heavy atom. The lowest BCUT2D eigenvalue weighted by Crippen LogP contribution is -2.36. The molecule has 1 aromatic heterocycles. The maximum Gasteiger partial charge on any atom is 0.180 e. The van der Waals surface area contributed by atoms with Crippen LogP contribution in [0.15, 0.2) is 17.1 Å². The molecule has 1 fully saturated rings. The van der Waals surface area contributed by atoms with Gasteiger partial charge in [-0.2, -0.15) is 0 Å². The lowest BCUT2D eigenvalue weighted by Gasteiger charge is -2.26. The molecule has 0 aliphatic carbocycles. The SMILES string of the molecule is CCCN(Cc1cocn1)C1CCNC1. The van der Waals surface area contributed by atoms with E-state index in [0.717, 1.165) is 31.9 Å². The summed E-state index contributed by atoms with van der Waals surface area (Å²) in [5, 5.41) is 3.41. The van der Waals surface area contributed by atoms with Crippen LogP contribution in [0.3, 0.4) is 0 Å². The van der Waals surface area contributed by atoms with Crippen LogP contribution in [-0.2, 0) is 6.54 Å². The van der Waals surface area contributed by atoms with Gasteiger partial charge in [-0.1, -0.05) is 6.92 Å². The lowest BCUT2D eigenvalue weighted by molar-refractivity contribution is 0.197. The van der Waals surface area contributed by atoms with Crippen molar-refractivity contribution < 1.29 is 4.42 Å². The fourth-order valence-electron chi connectivity index (χ4n) is 2.15. The van der Waals surface area contributed by atoms with Gasteiger partial charge in [-0.15, -0.1) is 0 Å². The zero-order chi connectivity index (χ0) is 10.5. The van der Waals surface area contributed by atoms with Gasteiger partial charge in [-0.3, -0.25) is 4.90 Å². The zero-order valence-corrected chi connectivity index (χ0v) is 9.28. The number of nitrogens with zero attached hydrogens (tertiary/aromatic N) is 2. The van der Waals surface area contributed by atoms with E-state index in [1.54, 1.807) is 6.26 Å². The van der Waals surface area contributed by atoms with E-state index in [2.05, 4.69) is 22.1 Å². The molecule has 1 aliphatic heterocycles. The summed E-state index contributed by atoms with van der Waals surface area (Å²) in [6.07, 6.45) is 5.68. The fraction of sp³-hybridized carbons (Fsp3) is 0.727. The summed E-state index contributed by atoms with van der Waals surface area (Å²) in [5.74, 6) is 0. The van der Waals surface area contributed by atoms with Crippen LogP contribution in [0.5, 0.6) is 0 Å². The number of rotatable bonds is 5. The summed E-state index contributed by atoms with van der Waals surface area (Å²) in [4.78, 5) is 6.68. The molecule has 0 saturated carbocycles. The Morgan fingerprint density at radius 3 is 3.20 bits per heavy atom. The van der Waals surface area contributed by atoms with Gasteiger partial charge in [0.25, 0.3) is 0 Å². The van der Waals surface area contributed by atoms with Gasteiger partial charge in [0.1, 0.15) is 6.26 Å². The van der Waals surface area contributed by atoms with E-state index in [0.29, 0.717) is 6.04 Å². The van der Waals surface area contributed by atoms with E-state index in [9.17, 15) is 0 Å². The Morgan fingerprint density at radius 2 is 2.60 bits per heavy atom. The summed E-state index contributed by atoms with van der Waals surface area (Å²) in [6, 6.07) is 0.668. The normalized spacial score (nSPS) is 21.3. The standard InChI is InChI=1S/C11H19N3O/c1-2-5-14(11-3-4-12-6-11)7-10-8-15-9-13-10/h8-9,11-12H,2-7H2,1H3. The maximum atomic E-state index is 5.00. The summed E-state index contributed by atoms with van der Waals surface area (Å²) >= 11 is 0. The molecule has 84 valence electrons. The first-order valence-electron chi connectivity index (χ1n) is 5.72. The van der Waals surface area contributed by atoms with E-state index in [1.165, 1.54) is 19.2 Å². The van der Waals surface area contributed by atoms with Crippen LogP contribution in [-0.4, -0.2) is 35.6 Å². The second-order valence-electron chi connectivity index (χ2n) is 4.10. The second kappa shape index (κ2) is 5.28. The molecule has 15 heavy (non-hydrogen) atoms. The Labute approximate surface area is 90.7 Å². The molecule has 4 nitrogen and oxygen atoms in total. The van der Waals surface area contributed by atoms with E-state index in [1.807, 2.05) is 0 Å². The van der Waals surface area contributed by atoms with Gasteiger partial charge in [-0.25, -0.2) is 4.98 Å². The molecule has 0 radical (unpaired) electrons. The largest absolute Gasteiger partial charge is 0.451 e. The average molecular weight is 209 g/mol. The molecule has 1 aromatic rings. The topological polar surface area (TPSA) is 41.3 Å². The van der Waals surface area contributed by atoms with Gasteiger partial charge in [0.2, 0.25) is 0 Å². The molecule has 0 aromatic carbocycles. The number of hydrogen-bond donors (Lipinski definition) is 1. The molecular weight excluding hydrogens is 190 g/mol. The monoisotopic (exact) mass is 209 g/mol. The summed E-state index contributed by atoms with van der Waals surface area (Å²) in [6.45, 7) is 6.52. The van der Waals surface area contributed by atoms with E-state index in [4.69, 9.17) is 4.42 Å². The van der Waals surface area contributed by atoms with Crippen LogP contribution < -0.4 is 5.32 Å². The van der Waals surface area contributed by atoms with Gasteiger partial charge in [0.05, 0.1) is 5.69 Å². The highest BCUT2D eigenvalue weighted by Gasteiger charge is 2.22. The average Bonchev–Trinajstić information content (AvgIpc) is 2.89. The number of nitrogens with one attached hydrogen (secondary N) is 1. The number of hydrogen-bond acceptors (Lipinski definition) is 4. The quantitative estimate of drug-likeness (QED) is 0.792. The van der Waals surface area contributed by atoms with Crippen molar-refractivity contribution in [3.63, 3.8) is 0 Å². The molecule has 4 heteroatoms. The van der Waals surface area contributed by atoms with Gasteiger partial charge < -0.3 is 9.73 Å². The van der Waals surface area contributed by atoms with Crippen LogP contribution in [0.2, 0.25) is 0 Å². The van der Waals surface area contributed by atoms with Gasteiger partial charge >= 0.3 is 0 Å². The molecule has 1 unspecified atom stereocenters. The van der Waals surface area contributed by atoms with Crippen molar-refractivity contribution in [1.82, 2.24) is 15.2 Å². The van der Waals surface area contributed by atoms with Crippen molar-refractivity contribution in [3.05, 3.63) is 18.4 Å². The van der Waals surface area contributed by atoms with Gasteiger partial charge in [0.15, 0.2) is 6.39 Å². The highest BCUT2D eigenvalue weighted by Crippen LogP contribution is 2.12. The molecular formula is C11H19N3O. The molecule has 0 bridgehead atoms. The molecule has 0 amide bonds. The third kappa shape index (κ3) is 2.79. The molecule has 2 rings (SSSR count). The van der Waals surface area contributed by atoms with Crippen molar-refractivity contribution in [2.45, 2.75) is 32.4 Å². The first-order chi connectivity index (χ1) is 7.40. The minimum atomic E-state index is 0.668. The molecule has 1 aliphatic rings. The molecule has 2 heterocycles. The zero-order valence-electron chi connectivity index (χ0n) is 9.28. The third-order valence-corrected chi connectivity index (χ3v) is 2.91. The summed E-state index contributed by atoms with van der Waals surface area (Å²) < 4.78 is 5.00. The molecule has 0 spiro atoms. The highest BCUT2D eigenvalue weighted by atomic mass is 16.3. The predicted octanol–water partition coefficient (Wildman–Crippen LogP) is 1.25. The lowest BCUT2D eigenvalue weighted by atomic mass is 10.2. The minimum Gasteiger partial charge on any atom is -0.451 e. The van der Waals surface area contributed by atoms with Gasteiger partial charge in [-0.05, 0) is 25.9 Å². The summed E-state index contributed by atoms with van der Waals surface area (Å²) in [5.41, 5.74) is 1.04. The Kier molecular flexibility index (Phi) is 3.75. The fourth-order valence-corrected chi connectivity index (χ4v) is 2.15.